The lowest BCUT2D eigenvalue weighted by Gasteiger charge is -2.26. The van der Waals surface area contributed by atoms with Crippen LogP contribution in [0.25, 0.3) is 6.08 Å². The summed E-state index contributed by atoms with van der Waals surface area (Å²) in [7, 11) is -2.41. The molecule has 2 aromatic carbocycles. The van der Waals surface area contributed by atoms with E-state index >= 15 is 0 Å². The molecule has 1 N–H and O–H groups in total. The van der Waals surface area contributed by atoms with E-state index in [0.717, 1.165) is 6.08 Å². The fourth-order valence-electron chi connectivity index (χ4n) is 3.06. The van der Waals surface area contributed by atoms with E-state index in [-0.39, 0.29) is 40.7 Å². The third-order valence-corrected chi connectivity index (χ3v) is 6.45. The molecular weight excluding hydrogens is 446 g/mol. The van der Waals surface area contributed by atoms with E-state index in [0.29, 0.717) is 13.2 Å². The summed E-state index contributed by atoms with van der Waals surface area (Å²) in [4.78, 5) is 12.4. The molecule has 0 spiro atoms. The van der Waals surface area contributed by atoms with Crippen LogP contribution in [0.3, 0.4) is 0 Å². The maximum atomic E-state index is 12.8. The molecule has 1 fully saturated rings. The van der Waals surface area contributed by atoms with Gasteiger partial charge in [-0.25, -0.2) is 8.42 Å². The molecule has 0 aliphatic carbocycles. The van der Waals surface area contributed by atoms with Crippen LogP contribution in [0.2, 0.25) is 0 Å². The van der Waals surface area contributed by atoms with E-state index in [1.54, 1.807) is 12.1 Å². The van der Waals surface area contributed by atoms with Crippen molar-refractivity contribution in [3.05, 3.63) is 54.1 Å². The third-order valence-electron chi connectivity index (χ3n) is 4.56. The maximum Gasteiger partial charge on any atom is 0.387 e. The first-order valence-electron chi connectivity index (χ1n) is 9.60. The second-order valence-corrected chi connectivity index (χ2v) is 8.56. The Morgan fingerprint density at radius 2 is 1.91 bits per heavy atom. The van der Waals surface area contributed by atoms with Gasteiger partial charge in [0, 0.05) is 30.4 Å². The van der Waals surface area contributed by atoms with E-state index in [4.69, 9.17) is 9.47 Å². The lowest BCUT2D eigenvalue weighted by molar-refractivity contribution is -0.111. The molecule has 0 saturated carbocycles. The number of morpholine rings is 1. The monoisotopic (exact) mass is 468 g/mol. The standard InChI is InChI=1S/C21H22F2N2O6S/c1-29-18-7-2-4-15(20(18)31-21(22)23)8-9-19(26)24-16-5-3-6-17(14-16)32(27,28)25-10-12-30-13-11-25/h2-9,14,21H,10-13H2,1H3,(H,24,26)/b9-8+. The number of benzene rings is 2. The van der Waals surface area contributed by atoms with Crippen molar-refractivity contribution < 1.29 is 36.2 Å². The number of anilines is 1. The van der Waals surface area contributed by atoms with Gasteiger partial charge in [-0.1, -0.05) is 18.2 Å². The first-order chi connectivity index (χ1) is 15.3. The Labute approximate surface area is 184 Å². The lowest BCUT2D eigenvalue weighted by Crippen LogP contribution is -2.40. The molecule has 11 heteroatoms. The van der Waals surface area contributed by atoms with Crippen LogP contribution in [0.5, 0.6) is 11.5 Å². The SMILES string of the molecule is COc1cccc(/C=C/C(=O)Nc2cccc(S(=O)(=O)N3CCOCC3)c2)c1OC(F)F. The number of alkyl halides is 2. The Balaban J connectivity index is 1.75. The zero-order valence-electron chi connectivity index (χ0n) is 17.2. The van der Waals surface area contributed by atoms with Crippen molar-refractivity contribution in [2.75, 3.05) is 38.7 Å². The second kappa shape index (κ2) is 10.5. The number of sulfonamides is 1. The summed E-state index contributed by atoms with van der Waals surface area (Å²) >= 11 is 0. The van der Waals surface area contributed by atoms with E-state index in [2.05, 4.69) is 10.1 Å². The van der Waals surface area contributed by atoms with Crippen molar-refractivity contribution in [1.82, 2.24) is 4.31 Å². The number of halogens is 2. The van der Waals surface area contributed by atoms with Gasteiger partial charge in [0.25, 0.3) is 0 Å². The molecule has 0 unspecified atom stereocenters. The Kier molecular flexibility index (Phi) is 7.78. The minimum absolute atomic E-state index is 0.0431. The predicted octanol–water partition coefficient (Wildman–Crippen LogP) is 2.97. The summed E-state index contributed by atoms with van der Waals surface area (Å²) in [5.74, 6) is -0.696. The van der Waals surface area contributed by atoms with Gasteiger partial charge in [-0.15, -0.1) is 0 Å². The van der Waals surface area contributed by atoms with Crippen molar-refractivity contribution in [2.45, 2.75) is 11.5 Å². The molecule has 8 nitrogen and oxygen atoms in total. The maximum absolute atomic E-state index is 12.8. The van der Waals surface area contributed by atoms with Crippen LogP contribution in [0.1, 0.15) is 5.56 Å². The number of nitrogens with one attached hydrogen (secondary N) is 1. The molecule has 32 heavy (non-hydrogen) atoms. The molecular formula is C21H22F2N2O6S. The first-order valence-corrected chi connectivity index (χ1v) is 11.0. The largest absolute Gasteiger partial charge is 0.493 e. The van der Waals surface area contributed by atoms with Crippen molar-refractivity contribution in [2.24, 2.45) is 0 Å². The first kappa shape index (κ1) is 23.6. The van der Waals surface area contributed by atoms with Crippen LogP contribution in [0.4, 0.5) is 14.5 Å². The van der Waals surface area contributed by atoms with E-state index in [9.17, 15) is 22.0 Å². The molecule has 1 amide bonds. The highest BCUT2D eigenvalue weighted by atomic mass is 32.2. The summed E-state index contributed by atoms with van der Waals surface area (Å²) in [6.07, 6.45) is 2.42. The van der Waals surface area contributed by atoms with Gasteiger partial charge in [0.05, 0.1) is 25.2 Å². The van der Waals surface area contributed by atoms with Crippen molar-refractivity contribution in [3.63, 3.8) is 0 Å². The number of para-hydroxylation sites is 1. The molecule has 3 rings (SSSR count). The molecule has 172 valence electrons. The second-order valence-electron chi connectivity index (χ2n) is 6.62. The highest BCUT2D eigenvalue weighted by Gasteiger charge is 2.26. The summed E-state index contributed by atoms with van der Waals surface area (Å²) < 4.78 is 67.1. The van der Waals surface area contributed by atoms with Crippen LogP contribution in [-0.4, -0.2) is 58.7 Å². The molecule has 0 atom stereocenters. The predicted molar refractivity (Wildman–Crippen MR) is 113 cm³/mol. The highest BCUT2D eigenvalue weighted by molar-refractivity contribution is 7.89. The topological polar surface area (TPSA) is 94.2 Å². The smallest absolute Gasteiger partial charge is 0.387 e. The normalized spacial score (nSPS) is 15.1. The van der Waals surface area contributed by atoms with Gasteiger partial charge in [0.1, 0.15) is 0 Å². The number of nitrogens with zero attached hydrogens (tertiary/aromatic N) is 1. The van der Waals surface area contributed by atoms with Gasteiger partial charge in [-0.05, 0) is 30.3 Å². The molecule has 0 radical (unpaired) electrons. The number of hydrogen-bond donors (Lipinski definition) is 1. The molecule has 1 heterocycles. The van der Waals surface area contributed by atoms with Gasteiger partial charge in [-0.2, -0.15) is 13.1 Å². The van der Waals surface area contributed by atoms with Crippen LogP contribution < -0.4 is 14.8 Å². The number of carbonyl (C=O) groups is 1. The highest BCUT2D eigenvalue weighted by Crippen LogP contribution is 2.33. The van der Waals surface area contributed by atoms with Crippen LogP contribution in [0.15, 0.2) is 53.4 Å². The fourth-order valence-corrected chi connectivity index (χ4v) is 4.51. The zero-order chi connectivity index (χ0) is 23.1. The van der Waals surface area contributed by atoms with Crippen molar-refractivity contribution in [1.29, 1.82) is 0 Å². The molecule has 0 aromatic heterocycles. The number of rotatable bonds is 8. The lowest BCUT2D eigenvalue weighted by atomic mass is 10.1. The van der Waals surface area contributed by atoms with Gasteiger partial charge in [0.2, 0.25) is 15.9 Å². The van der Waals surface area contributed by atoms with Crippen molar-refractivity contribution >= 4 is 27.7 Å². The van der Waals surface area contributed by atoms with Gasteiger partial charge in [-0.3, -0.25) is 4.79 Å². The van der Waals surface area contributed by atoms with E-state index in [1.807, 2.05) is 0 Å². The third kappa shape index (κ3) is 5.81. The molecule has 2 aromatic rings. The zero-order valence-corrected chi connectivity index (χ0v) is 18.0. The molecule has 0 bridgehead atoms. The van der Waals surface area contributed by atoms with Crippen LogP contribution in [0, 0.1) is 0 Å². The summed E-state index contributed by atoms with van der Waals surface area (Å²) in [6, 6.07) is 10.4. The average molecular weight is 468 g/mol. The minimum atomic E-state index is -3.72. The summed E-state index contributed by atoms with van der Waals surface area (Å²) in [5, 5.41) is 2.56. The molecule has 1 saturated heterocycles. The Morgan fingerprint density at radius 1 is 1.19 bits per heavy atom. The minimum Gasteiger partial charge on any atom is -0.493 e. The van der Waals surface area contributed by atoms with Crippen LogP contribution >= 0.6 is 0 Å². The number of ether oxygens (including phenoxy) is 3. The average Bonchev–Trinajstić information content (AvgIpc) is 2.78. The summed E-state index contributed by atoms with van der Waals surface area (Å²) in [6.45, 7) is -1.91. The van der Waals surface area contributed by atoms with E-state index < -0.39 is 22.5 Å². The molecule has 1 aliphatic rings. The van der Waals surface area contributed by atoms with Crippen molar-refractivity contribution in [3.8, 4) is 11.5 Å². The van der Waals surface area contributed by atoms with Gasteiger partial charge >= 0.3 is 6.61 Å². The molecule has 1 aliphatic heterocycles. The Bertz CT molecular complexity index is 1090. The van der Waals surface area contributed by atoms with Crippen LogP contribution in [-0.2, 0) is 19.6 Å². The number of amides is 1. The summed E-state index contributed by atoms with van der Waals surface area (Å²) in [5.41, 5.74) is 0.479. The number of methoxy groups -OCH3 is 1. The number of hydrogen-bond acceptors (Lipinski definition) is 6. The Hall–Kier alpha value is -3.02. The van der Waals surface area contributed by atoms with E-state index in [1.165, 1.54) is 47.8 Å². The number of carbonyl (C=O) groups excluding carboxylic acids is 1. The van der Waals surface area contributed by atoms with Gasteiger partial charge < -0.3 is 19.5 Å². The Morgan fingerprint density at radius 3 is 2.59 bits per heavy atom. The quantitative estimate of drug-likeness (QED) is 0.599. The van der Waals surface area contributed by atoms with Gasteiger partial charge in [0.15, 0.2) is 11.5 Å². The fraction of sp³-hybridized carbons (Fsp3) is 0.286.